The molecular formula is C16H23NO4. The standard InChI is InChI=1S/C16H23NO4/c1-3-4-10-21-12(2)16(20)17-14-7-5-6-13(11-14)8-9-15(18)19/h5-7,11-12H,3-4,8-10H2,1-2H3,(H,17,20)(H,18,19). The lowest BCUT2D eigenvalue weighted by molar-refractivity contribution is -0.137. The Bertz CT molecular complexity index is 473. The predicted octanol–water partition coefficient (Wildman–Crippen LogP) is 2.85. The number of amides is 1. The van der Waals surface area contributed by atoms with Crippen LogP contribution < -0.4 is 5.32 Å². The van der Waals surface area contributed by atoms with Crippen LogP contribution in [-0.4, -0.2) is 29.7 Å². The third kappa shape index (κ3) is 6.90. The average molecular weight is 293 g/mol. The maximum atomic E-state index is 12.0. The maximum absolute atomic E-state index is 12.0. The topological polar surface area (TPSA) is 75.6 Å². The molecule has 0 radical (unpaired) electrons. The molecule has 1 aromatic rings. The van der Waals surface area contributed by atoms with Gasteiger partial charge in [-0.15, -0.1) is 0 Å². The van der Waals surface area contributed by atoms with E-state index in [1.807, 2.05) is 6.07 Å². The van der Waals surface area contributed by atoms with Crippen LogP contribution >= 0.6 is 0 Å². The zero-order chi connectivity index (χ0) is 15.7. The number of carboxylic acid groups (broad SMARTS) is 1. The van der Waals surface area contributed by atoms with Gasteiger partial charge >= 0.3 is 5.97 Å². The fourth-order valence-electron chi connectivity index (χ4n) is 1.78. The van der Waals surface area contributed by atoms with E-state index in [0.717, 1.165) is 18.4 Å². The number of hydrogen-bond acceptors (Lipinski definition) is 3. The molecule has 5 nitrogen and oxygen atoms in total. The number of aryl methyl sites for hydroxylation is 1. The first-order valence-electron chi connectivity index (χ1n) is 7.26. The minimum absolute atomic E-state index is 0.0773. The number of carbonyl (C=O) groups excluding carboxylic acids is 1. The summed E-state index contributed by atoms with van der Waals surface area (Å²) in [4.78, 5) is 22.5. The SMILES string of the molecule is CCCCOC(C)C(=O)Nc1cccc(CCC(=O)O)c1. The Kier molecular flexibility index (Phi) is 7.46. The van der Waals surface area contributed by atoms with Crippen molar-refractivity contribution in [3.05, 3.63) is 29.8 Å². The summed E-state index contributed by atoms with van der Waals surface area (Å²) in [5, 5.41) is 11.5. The van der Waals surface area contributed by atoms with Crippen LogP contribution in [0.25, 0.3) is 0 Å². The van der Waals surface area contributed by atoms with Gasteiger partial charge in [-0.3, -0.25) is 9.59 Å². The molecule has 0 spiro atoms. The van der Waals surface area contributed by atoms with E-state index in [9.17, 15) is 9.59 Å². The molecular weight excluding hydrogens is 270 g/mol. The number of carbonyl (C=O) groups is 2. The molecule has 1 rings (SSSR count). The molecule has 0 aromatic heterocycles. The second-order valence-corrected chi connectivity index (χ2v) is 4.95. The number of ether oxygens (including phenoxy) is 1. The van der Waals surface area contributed by atoms with Gasteiger partial charge in [0.25, 0.3) is 5.91 Å². The number of nitrogens with one attached hydrogen (secondary N) is 1. The Morgan fingerprint density at radius 2 is 2.14 bits per heavy atom. The van der Waals surface area contributed by atoms with Gasteiger partial charge in [-0.2, -0.15) is 0 Å². The van der Waals surface area contributed by atoms with Crippen LogP contribution in [0.5, 0.6) is 0 Å². The summed E-state index contributed by atoms with van der Waals surface area (Å²) < 4.78 is 5.44. The molecule has 116 valence electrons. The van der Waals surface area contributed by atoms with E-state index in [2.05, 4.69) is 12.2 Å². The lowest BCUT2D eigenvalue weighted by Crippen LogP contribution is -2.28. The van der Waals surface area contributed by atoms with Crippen molar-refractivity contribution in [2.24, 2.45) is 0 Å². The number of carboxylic acids is 1. The first-order chi connectivity index (χ1) is 10.0. The molecule has 1 atom stereocenters. The number of hydrogen-bond donors (Lipinski definition) is 2. The Balaban J connectivity index is 2.51. The first kappa shape index (κ1) is 17.2. The average Bonchev–Trinajstić information content (AvgIpc) is 2.45. The number of aliphatic carboxylic acids is 1. The van der Waals surface area contributed by atoms with Crippen LogP contribution in [-0.2, 0) is 20.7 Å². The number of anilines is 1. The summed E-state index contributed by atoms with van der Waals surface area (Å²) in [6.45, 7) is 4.36. The highest BCUT2D eigenvalue weighted by Gasteiger charge is 2.13. The molecule has 0 saturated carbocycles. The number of unbranched alkanes of at least 4 members (excludes halogenated alkanes) is 1. The van der Waals surface area contributed by atoms with Crippen molar-refractivity contribution in [3.63, 3.8) is 0 Å². The van der Waals surface area contributed by atoms with E-state index in [-0.39, 0.29) is 12.3 Å². The minimum atomic E-state index is -0.831. The van der Waals surface area contributed by atoms with E-state index in [4.69, 9.17) is 9.84 Å². The second kappa shape index (κ2) is 9.13. The van der Waals surface area contributed by atoms with Crippen molar-refractivity contribution in [3.8, 4) is 0 Å². The number of benzene rings is 1. The van der Waals surface area contributed by atoms with E-state index in [1.165, 1.54) is 0 Å². The zero-order valence-corrected chi connectivity index (χ0v) is 12.6. The van der Waals surface area contributed by atoms with Crippen LogP contribution in [0, 0.1) is 0 Å². The zero-order valence-electron chi connectivity index (χ0n) is 12.6. The summed E-state index contributed by atoms with van der Waals surface area (Å²) in [5.41, 5.74) is 1.54. The molecule has 2 N–H and O–H groups in total. The molecule has 0 bridgehead atoms. The van der Waals surface area contributed by atoms with Crippen molar-refractivity contribution in [1.29, 1.82) is 0 Å². The van der Waals surface area contributed by atoms with Crippen molar-refractivity contribution < 1.29 is 19.4 Å². The monoisotopic (exact) mass is 293 g/mol. The van der Waals surface area contributed by atoms with Gasteiger partial charge in [-0.25, -0.2) is 0 Å². The van der Waals surface area contributed by atoms with Gasteiger partial charge in [0.15, 0.2) is 0 Å². The smallest absolute Gasteiger partial charge is 0.303 e. The summed E-state index contributed by atoms with van der Waals surface area (Å²) in [7, 11) is 0. The van der Waals surface area contributed by atoms with Crippen molar-refractivity contribution >= 4 is 17.6 Å². The first-order valence-corrected chi connectivity index (χ1v) is 7.26. The van der Waals surface area contributed by atoms with E-state index >= 15 is 0 Å². The Morgan fingerprint density at radius 3 is 2.81 bits per heavy atom. The van der Waals surface area contributed by atoms with E-state index in [1.54, 1.807) is 25.1 Å². The third-order valence-corrected chi connectivity index (χ3v) is 3.06. The van der Waals surface area contributed by atoms with Gasteiger partial charge in [-0.1, -0.05) is 25.5 Å². The predicted molar refractivity (Wildman–Crippen MR) is 81.4 cm³/mol. The Hall–Kier alpha value is -1.88. The van der Waals surface area contributed by atoms with Crippen molar-refractivity contribution in [1.82, 2.24) is 0 Å². The van der Waals surface area contributed by atoms with Gasteiger partial charge in [0.1, 0.15) is 6.10 Å². The Labute approximate surface area is 125 Å². The Morgan fingerprint density at radius 1 is 1.38 bits per heavy atom. The van der Waals surface area contributed by atoms with E-state index in [0.29, 0.717) is 18.7 Å². The highest BCUT2D eigenvalue weighted by Crippen LogP contribution is 2.13. The number of rotatable bonds is 9. The van der Waals surface area contributed by atoms with Crippen LogP contribution in [0.15, 0.2) is 24.3 Å². The molecule has 0 aliphatic carbocycles. The largest absolute Gasteiger partial charge is 0.481 e. The van der Waals surface area contributed by atoms with Crippen LogP contribution in [0.4, 0.5) is 5.69 Å². The summed E-state index contributed by atoms with van der Waals surface area (Å²) in [6, 6.07) is 7.22. The molecule has 0 fully saturated rings. The third-order valence-electron chi connectivity index (χ3n) is 3.06. The molecule has 0 aliphatic rings. The quantitative estimate of drug-likeness (QED) is 0.686. The molecule has 0 heterocycles. The minimum Gasteiger partial charge on any atom is -0.481 e. The van der Waals surface area contributed by atoms with Crippen molar-refractivity contribution in [2.45, 2.75) is 45.6 Å². The molecule has 0 aliphatic heterocycles. The van der Waals surface area contributed by atoms with Crippen LogP contribution in [0.1, 0.15) is 38.7 Å². The highest BCUT2D eigenvalue weighted by atomic mass is 16.5. The lowest BCUT2D eigenvalue weighted by Gasteiger charge is -2.13. The summed E-state index contributed by atoms with van der Waals surface area (Å²) >= 11 is 0. The molecule has 5 heteroatoms. The molecule has 21 heavy (non-hydrogen) atoms. The highest BCUT2D eigenvalue weighted by molar-refractivity contribution is 5.93. The van der Waals surface area contributed by atoms with Gasteiger partial charge in [-0.05, 0) is 37.5 Å². The van der Waals surface area contributed by atoms with Gasteiger partial charge in [0.2, 0.25) is 0 Å². The van der Waals surface area contributed by atoms with Crippen LogP contribution in [0.2, 0.25) is 0 Å². The van der Waals surface area contributed by atoms with Crippen LogP contribution in [0.3, 0.4) is 0 Å². The normalized spacial score (nSPS) is 11.9. The fourth-order valence-corrected chi connectivity index (χ4v) is 1.78. The maximum Gasteiger partial charge on any atom is 0.303 e. The van der Waals surface area contributed by atoms with Crippen molar-refractivity contribution in [2.75, 3.05) is 11.9 Å². The van der Waals surface area contributed by atoms with Gasteiger partial charge in [0, 0.05) is 18.7 Å². The second-order valence-electron chi connectivity index (χ2n) is 4.95. The van der Waals surface area contributed by atoms with Gasteiger partial charge < -0.3 is 15.2 Å². The molecule has 1 unspecified atom stereocenters. The fraction of sp³-hybridized carbons (Fsp3) is 0.500. The lowest BCUT2D eigenvalue weighted by atomic mass is 10.1. The summed E-state index contributed by atoms with van der Waals surface area (Å²) in [6.07, 6.45) is 1.98. The summed E-state index contributed by atoms with van der Waals surface area (Å²) in [5.74, 6) is -1.02. The molecule has 0 saturated heterocycles. The molecule has 1 amide bonds. The molecule has 1 aromatic carbocycles. The van der Waals surface area contributed by atoms with E-state index < -0.39 is 12.1 Å². The van der Waals surface area contributed by atoms with Gasteiger partial charge in [0.05, 0.1) is 0 Å².